The largest absolute Gasteiger partial charge is 0.347 e. The molecular formula is C18H19BrN8. The van der Waals surface area contributed by atoms with Crippen LogP contribution < -0.4 is 10.2 Å². The predicted octanol–water partition coefficient (Wildman–Crippen LogP) is 3.22. The number of hydrogen-bond acceptors (Lipinski definition) is 6. The Morgan fingerprint density at radius 3 is 2.93 bits per heavy atom. The molecule has 27 heavy (non-hydrogen) atoms. The van der Waals surface area contributed by atoms with Crippen molar-refractivity contribution in [3.05, 3.63) is 40.8 Å². The highest BCUT2D eigenvalue weighted by molar-refractivity contribution is 9.10. The Balaban J connectivity index is 1.45. The number of aromatic amines is 1. The van der Waals surface area contributed by atoms with Crippen molar-refractivity contribution >= 4 is 44.5 Å². The average Bonchev–Trinajstić information content (AvgIpc) is 3.26. The fourth-order valence-corrected chi connectivity index (χ4v) is 3.49. The molecule has 8 nitrogen and oxygen atoms in total. The van der Waals surface area contributed by atoms with E-state index < -0.39 is 0 Å². The highest BCUT2D eigenvalue weighted by atomic mass is 79.9. The highest BCUT2D eigenvalue weighted by Gasteiger charge is 2.24. The van der Waals surface area contributed by atoms with Crippen molar-refractivity contribution in [2.24, 2.45) is 5.92 Å². The van der Waals surface area contributed by atoms with Gasteiger partial charge in [0.25, 0.3) is 0 Å². The number of halogens is 1. The molecule has 0 radical (unpaired) electrons. The van der Waals surface area contributed by atoms with Gasteiger partial charge < -0.3 is 15.2 Å². The van der Waals surface area contributed by atoms with Crippen LogP contribution in [0.15, 0.2) is 34.9 Å². The van der Waals surface area contributed by atoms with Gasteiger partial charge in [-0.1, -0.05) is 12.1 Å². The first-order chi connectivity index (χ1) is 13.2. The summed E-state index contributed by atoms with van der Waals surface area (Å²) in [6.07, 6.45) is 4.32. The first-order valence-electron chi connectivity index (χ1n) is 8.97. The number of benzene rings is 1. The lowest BCUT2D eigenvalue weighted by atomic mass is 10.3. The molecule has 0 aliphatic heterocycles. The van der Waals surface area contributed by atoms with Crippen LogP contribution in [0.3, 0.4) is 0 Å². The number of imidazole rings is 1. The number of nitrogens with zero attached hydrogens (tertiary/aromatic N) is 6. The van der Waals surface area contributed by atoms with Gasteiger partial charge in [0.2, 0.25) is 11.9 Å². The van der Waals surface area contributed by atoms with Crippen LogP contribution in [0.25, 0.3) is 16.7 Å². The molecule has 3 heterocycles. The van der Waals surface area contributed by atoms with E-state index >= 15 is 0 Å². The van der Waals surface area contributed by atoms with Crippen molar-refractivity contribution in [1.29, 1.82) is 0 Å². The molecule has 0 unspecified atom stereocenters. The second-order valence-electron chi connectivity index (χ2n) is 6.95. The van der Waals surface area contributed by atoms with Crippen LogP contribution in [0.5, 0.6) is 0 Å². The minimum absolute atomic E-state index is 0.518. The van der Waals surface area contributed by atoms with E-state index in [1.54, 1.807) is 10.7 Å². The van der Waals surface area contributed by atoms with E-state index in [4.69, 9.17) is 4.98 Å². The van der Waals surface area contributed by atoms with Crippen LogP contribution in [0.4, 0.5) is 11.9 Å². The minimum atomic E-state index is 0.518. The third-order valence-electron chi connectivity index (χ3n) is 4.74. The number of aromatic nitrogens is 6. The molecule has 1 fully saturated rings. The number of anilines is 2. The van der Waals surface area contributed by atoms with Gasteiger partial charge in [-0.2, -0.15) is 19.6 Å². The molecule has 0 amide bonds. The minimum Gasteiger partial charge on any atom is -0.347 e. The molecule has 4 aromatic rings. The van der Waals surface area contributed by atoms with E-state index in [0.717, 1.165) is 39.4 Å². The van der Waals surface area contributed by atoms with Crippen LogP contribution in [0, 0.1) is 5.92 Å². The number of rotatable bonds is 6. The Labute approximate surface area is 164 Å². The number of fused-ring (bicyclic) bond motifs is 2. The van der Waals surface area contributed by atoms with Gasteiger partial charge in [0.1, 0.15) is 5.82 Å². The summed E-state index contributed by atoms with van der Waals surface area (Å²) in [5.41, 5.74) is 2.72. The van der Waals surface area contributed by atoms with E-state index in [1.165, 1.54) is 12.8 Å². The van der Waals surface area contributed by atoms with E-state index in [-0.39, 0.29) is 0 Å². The third-order valence-corrected chi connectivity index (χ3v) is 5.30. The summed E-state index contributed by atoms with van der Waals surface area (Å²) in [4.78, 5) is 19.4. The molecule has 5 rings (SSSR count). The van der Waals surface area contributed by atoms with Crippen molar-refractivity contribution in [3.63, 3.8) is 0 Å². The maximum absolute atomic E-state index is 4.71. The van der Waals surface area contributed by atoms with Crippen molar-refractivity contribution in [2.45, 2.75) is 19.4 Å². The quantitative estimate of drug-likeness (QED) is 0.492. The predicted molar refractivity (Wildman–Crippen MR) is 108 cm³/mol. The van der Waals surface area contributed by atoms with Crippen LogP contribution >= 0.6 is 15.9 Å². The lowest BCUT2D eigenvalue weighted by Crippen LogP contribution is -2.23. The summed E-state index contributed by atoms with van der Waals surface area (Å²) in [5, 5.41) is 7.73. The first kappa shape index (κ1) is 16.5. The first-order valence-corrected chi connectivity index (χ1v) is 9.76. The van der Waals surface area contributed by atoms with E-state index in [2.05, 4.69) is 46.2 Å². The molecule has 0 atom stereocenters. The maximum atomic E-state index is 4.71. The number of para-hydroxylation sites is 2. The van der Waals surface area contributed by atoms with Gasteiger partial charge in [0.15, 0.2) is 5.65 Å². The van der Waals surface area contributed by atoms with Crippen molar-refractivity contribution in [1.82, 2.24) is 29.5 Å². The van der Waals surface area contributed by atoms with Crippen LogP contribution in [-0.4, -0.2) is 43.1 Å². The van der Waals surface area contributed by atoms with Crippen molar-refractivity contribution in [2.75, 3.05) is 23.8 Å². The molecule has 1 aromatic carbocycles. The summed E-state index contributed by atoms with van der Waals surface area (Å²) in [5.74, 6) is 2.95. The van der Waals surface area contributed by atoms with Crippen LogP contribution in [0.1, 0.15) is 18.7 Å². The van der Waals surface area contributed by atoms with Gasteiger partial charge in [-0.05, 0) is 46.8 Å². The summed E-state index contributed by atoms with van der Waals surface area (Å²) in [6.45, 7) is 1.50. The molecule has 1 aliphatic rings. The summed E-state index contributed by atoms with van der Waals surface area (Å²) in [7, 11) is 2.04. The van der Waals surface area contributed by atoms with Crippen molar-refractivity contribution in [3.8, 4) is 0 Å². The summed E-state index contributed by atoms with van der Waals surface area (Å²) >= 11 is 3.53. The monoisotopic (exact) mass is 426 g/mol. The second kappa shape index (κ2) is 6.49. The SMILES string of the molecule is CN(CC1CC1)c1nc(NCc2nc3ccccc3[nH]2)n2ncc(Br)c2n1. The van der Waals surface area contributed by atoms with Crippen molar-refractivity contribution < 1.29 is 0 Å². The number of hydrogen-bond donors (Lipinski definition) is 2. The van der Waals surface area contributed by atoms with Gasteiger partial charge in [-0.3, -0.25) is 0 Å². The number of nitrogens with one attached hydrogen (secondary N) is 2. The Bertz CT molecular complexity index is 1080. The van der Waals surface area contributed by atoms with E-state index in [0.29, 0.717) is 18.4 Å². The molecule has 0 saturated heterocycles. The van der Waals surface area contributed by atoms with Crippen LogP contribution in [-0.2, 0) is 6.54 Å². The molecule has 1 saturated carbocycles. The molecule has 9 heteroatoms. The zero-order valence-corrected chi connectivity index (χ0v) is 16.4. The van der Waals surface area contributed by atoms with E-state index in [9.17, 15) is 0 Å². The highest BCUT2D eigenvalue weighted by Crippen LogP contribution is 2.30. The second-order valence-corrected chi connectivity index (χ2v) is 7.81. The average molecular weight is 427 g/mol. The molecule has 3 aromatic heterocycles. The molecule has 0 bridgehead atoms. The Morgan fingerprint density at radius 2 is 2.11 bits per heavy atom. The van der Waals surface area contributed by atoms with Gasteiger partial charge >= 0.3 is 0 Å². The molecule has 138 valence electrons. The molecule has 0 spiro atoms. The molecule has 1 aliphatic carbocycles. The fraction of sp³-hybridized carbons (Fsp3) is 0.333. The van der Waals surface area contributed by atoms with Gasteiger partial charge in [-0.15, -0.1) is 0 Å². The Morgan fingerprint density at radius 1 is 1.26 bits per heavy atom. The zero-order valence-electron chi connectivity index (χ0n) is 14.9. The zero-order chi connectivity index (χ0) is 18.4. The fourth-order valence-electron chi connectivity index (χ4n) is 3.15. The smallest absolute Gasteiger partial charge is 0.230 e. The van der Waals surface area contributed by atoms with Crippen LogP contribution in [0.2, 0.25) is 0 Å². The lowest BCUT2D eigenvalue weighted by Gasteiger charge is -2.18. The standard InChI is InChI=1S/C18H19BrN8/c1-26(10-11-6-7-11)18-24-16-12(19)8-21-27(16)17(25-18)20-9-15-22-13-4-2-3-5-14(13)23-15/h2-5,8,11H,6-7,9-10H2,1H3,(H,22,23)(H,20,24,25). The molecule has 2 N–H and O–H groups in total. The normalized spacial score (nSPS) is 14.1. The number of H-pyrrole nitrogens is 1. The Kier molecular flexibility index (Phi) is 3.96. The topological polar surface area (TPSA) is 87.0 Å². The maximum Gasteiger partial charge on any atom is 0.230 e. The van der Waals surface area contributed by atoms with Gasteiger partial charge in [-0.25, -0.2) is 4.98 Å². The lowest BCUT2D eigenvalue weighted by molar-refractivity contribution is 0.755. The molecular weight excluding hydrogens is 408 g/mol. The van der Waals surface area contributed by atoms with E-state index in [1.807, 2.05) is 31.3 Å². The Hall–Kier alpha value is -2.68. The third kappa shape index (κ3) is 3.23. The van der Waals surface area contributed by atoms with Gasteiger partial charge in [0.05, 0.1) is 28.2 Å². The van der Waals surface area contributed by atoms with Gasteiger partial charge in [0, 0.05) is 13.6 Å². The summed E-state index contributed by atoms with van der Waals surface area (Å²) < 4.78 is 2.55. The summed E-state index contributed by atoms with van der Waals surface area (Å²) in [6, 6.07) is 7.99.